The summed E-state index contributed by atoms with van der Waals surface area (Å²) in [4.78, 5) is 24.7. The summed E-state index contributed by atoms with van der Waals surface area (Å²) in [6.07, 6.45) is 0.309. The summed E-state index contributed by atoms with van der Waals surface area (Å²) in [7, 11) is 0. The minimum Gasteiger partial charge on any atom is -0.326 e. The highest BCUT2D eigenvalue weighted by atomic mass is 35.5. The largest absolute Gasteiger partial charge is 0.326 e. The van der Waals surface area contributed by atoms with Crippen LogP contribution in [-0.4, -0.2) is 16.0 Å². The number of carbonyl (C=O) groups excluding carboxylic acids is 2. The summed E-state index contributed by atoms with van der Waals surface area (Å²) in [5.41, 5.74) is 1.49. The number of hydrogen-bond acceptors (Lipinski definition) is 2. The van der Waals surface area contributed by atoms with Gasteiger partial charge in [-0.2, -0.15) is 0 Å². The van der Waals surface area contributed by atoms with E-state index in [-0.39, 0.29) is 11.7 Å². The molecular weight excluding hydrogens is 451 g/mol. The van der Waals surface area contributed by atoms with Crippen LogP contribution in [-0.2, 0) is 4.79 Å². The molecular formula is C19H14Cl5NO2. The average Bonchev–Trinajstić information content (AvgIpc) is 3.17. The summed E-state index contributed by atoms with van der Waals surface area (Å²) in [5, 5.41) is 3.96. The van der Waals surface area contributed by atoms with Gasteiger partial charge in [-0.15, -0.1) is 23.2 Å². The second-order valence-corrected chi connectivity index (χ2v) is 9.02. The highest BCUT2D eigenvalue weighted by Gasteiger charge is 2.67. The number of benzene rings is 2. The molecule has 1 fully saturated rings. The van der Waals surface area contributed by atoms with Gasteiger partial charge in [0.25, 0.3) is 0 Å². The number of anilines is 1. The Morgan fingerprint density at radius 2 is 1.67 bits per heavy atom. The molecule has 2 aromatic carbocycles. The molecule has 0 heterocycles. The van der Waals surface area contributed by atoms with Crippen LogP contribution in [0.1, 0.15) is 35.2 Å². The van der Waals surface area contributed by atoms with E-state index in [1.165, 1.54) is 0 Å². The lowest BCUT2D eigenvalue weighted by molar-refractivity contribution is -0.117. The van der Waals surface area contributed by atoms with Crippen LogP contribution in [0.2, 0.25) is 15.1 Å². The van der Waals surface area contributed by atoms with Crippen molar-refractivity contribution in [2.24, 2.45) is 5.92 Å². The second kappa shape index (κ2) is 7.81. The first kappa shape index (κ1) is 20.8. The molecule has 0 saturated heterocycles. The van der Waals surface area contributed by atoms with Gasteiger partial charge >= 0.3 is 0 Å². The fourth-order valence-corrected chi connectivity index (χ4v) is 4.64. The molecule has 1 N–H and O–H groups in total. The molecule has 1 aliphatic rings. The van der Waals surface area contributed by atoms with E-state index in [0.29, 0.717) is 38.3 Å². The van der Waals surface area contributed by atoms with Crippen LogP contribution in [0, 0.1) is 5.92 Å². The van der Waals surface area contributed by atoms with E-state index >= 15 is 0 Å². The minimum absolute atomic E-state index is 0.113. The van der Waals surface area contributed by atoms with E-state index in [9.17, 15) is 9.59 Å². The number of hydrogen-bond donors (Lipinski definition) is 1. The maximum absolute atomic E-state index is 12.7. The van der Waals surface area contributed by atoms with Gasteiger partial charge < -0.3 is 5.32 Å². The Labute approximate surface area is 181 Å². The molecule has 0 spiro atoms. The van der Waals surface area contributed by atoms with Gasteiger partial charge in [0.2, 0.25) is 5.91 Å². The van der Waals surface area contributed by atoms with Crippen LogP contribution in [0.5, 0.6) is 0 Å². The van der Waals surface area contributed by atoms with Crippen LogP contribution < -0.4 is 5.32 Å². The zero-order valence-electron chi connectivity index (χ0n) is 14.0. The third-order valence-corrected chi connectivity index (χ3v) is 6.14. The molecule has 8 heteroatoms. The Morgan fingerprint density at radius 3 is 2.26 bits per heavy atom. The maximum atomic E-state index is 12.7. The molecule has 2 unspecified atom stereocenters. The van der Waals surface area contributed by atoms with Crippen LogP contribution in [0.3, 0.4) is 0 Å². The first-order chi connectivity index (χ1) is 12.6. The van der Waals surface area contributed by atoms with Crippen molar-refractivity contribution >= 4 is 75.4 Å². The molecule has 0 bridgehead atoms. The summed E-state index contributed by atoms with van der Waals surface area (Å²) in [6.45, 7) is 1.74. The molecule has 1 amide bonds. The summed E-state index contributed by atoms with van der Waals surface area (Å²) in [5.74, 6) is -1.60. The average molecular weight is 466 g/mol. The standard InChI is InChI=1S/C19H14Cl5NO2/c1-2-15(26)13-8-12(3-4-14(13)22)25-18(27)17-16(19(17,23)24)9-5-10(20)7-11(21)6-9/h3-8,16-17H,2H2,1H3,(H,25,27). The van der Waals surface area contributed by atoms with Crippen molar-refractivity contribution in [1.29, 1.82) is 0 Å². The number of rotatable bonds is 5. The quantitative estimate of drug-likeness (QED) is 0.391. The lowest BCUT2D eigenvalue weighted by Crippen LogP contribution is -2.17. The first-order valence-corrected chi connectivity index (χ1v) is 10.0. The molecule has 142 valence electrons. The SMILES string of the molecule is CCC(=O)c1cc(NC(=O)C2C(c3cc(Cl)cc(Cl)c3)C2(Cl)Cl)ccc1Cl. The number of ketones is 1. The Hall–Kier alpha value is -0.970. The van der Waals surface area contributed by atoms with Crippen molar-refractivity contribution in [1.82, 2.24) is 0 Å². The monoisotopic (exact) mass is 463 g/mol. The van der Waals surface area contributed by atoms with E-state index < -0.39 is 16.2 Å². The lowest BCUT2D eigenvalue weighted by Gasteiger charge is -2.08. The number of alkyl halides is 2. The zero-order chi connectivity index (χ0) is 19.9. The van der Waals surface area contributed by atoms with Crippen LogP contribution >= 0.6 is 58.0 Å². The molecule has 1 aliphatic carbocycles. The normalized spacial score (nSPS) is 20.2. The third kappa shape index (κ3) is 4.23. The summed E-state index contributed by atoms with van der Waals surface area (Å²) in [6, 6.07) is 9.69. The smallest absolute Gasteiger partial charge is 0.231 e. The van der Waals surface area contributed by atoms with Gasteiger partial charge in [0.05, 0.1) is 10.9 Å². The van der Waals surface area contributed by atoms with E-state index in [0.717, 1.165) is 0 Å². The van der Waals surface area contributed by atoms with Crippen molar-refractivity contribution in [2.75, 3.05) is 5.32 Å². The topological polar surface area (TPSA) is 46.2 Å². The van der Waals surface area contributed by atoms with Crippen molar-refractivity contribution in [3.05, 3.63) is 62.6 Å². The van der Waals surface area contributed by atoms with Gasteiger partial charge in [0.15, 0.2) is 5.78 Å². The highest BCUT2D eigenvalue weighted by Crippen LogP contribution is 2.65. The molecule has 1 saturated carbocycles. The number of halogens is 5. The zero-order valence-corrected chi connectivity index (χ0v) is 17.8. The Morgan fingerprint density at radius 1 is 1.04 bits per heavy atom. The molecule has 2 aromatic rings. The molecule has 2 atom stereocenters. The van der Waals surface area contributed by atoms with Gasteiger partial charge in [-0.1, -0.05) is 41.7 Å². The molecule has 3 nitrogen and oxygen atoms in total. The molecule has 27 heavy (non-hydrogen) atoms. The number of amides is 1. The number of carbonyl (C=O) groups is 2. The van der Waals surface area contributed by atoms with E-state index in [1.807, 2.05) is 0 Å². The van der Waals surface area contributed by atoms with Crippen molar-refractivity contribution in [3.63, 3.8) is 0 Å². The predicted octanol–water partition coefficient (Wildman–Crippen LogP) is 6.77. The Kier molecular flexibility index (Phi) is 6.00. The van der Waals surface area contributed by atoms with E-state index in [2.05, 4.69) is 5.32 Å². The third-order valence-electron chi connectivity index (χ3n) is 4.44. The molecule has 0 aromatic heterocycles. The van der Waals surface area contributed by atoms with Crippen molar-refractivity contribution < 1.29 is 9.59 Å². The number of nitrogens with one attached hydrogen (secondary N) is 1. The first-order valence-electron chi connectivity index (χ1n) is 8.12. The van der Waals surface area contributed by atoms with Crippen molar-refractivity contribution in [3.8, 4) is 0 Å². The van der Waals surface area contributed by atoms with Gasteiger partial charge in [-0.3, -0.25) is 9.59 Å². The molecule has 0 aliphatic heterocycles. The second-order valence-electron chi connectivity index (χ2n) is 6.29. The van der Waals surface area contributed by atoms with Crippen LogP contribution in [0.15, 0.2) is 36.4 Å². The van der Waals surface area contributed by atoms with E-state index in [4.69, 9.17) is 58.0 Å². The van der Waals surface area contributed by atoms with Crippen LogP contribution in [0.4, 0.5) is 5.69 Å². The summed E-state index contributed by atoms with van der Waals surface area (Å²) >= 11 is 30.8. The number of Topliss-reactive ketones (excluding diaryl/α,β-unsaturated/α-hetero) is 1. The van der Waals surface area contributed by atoms with Gasteiger partial charge in [0, 0.05) is 33.6 Å². The Bertz CT molecular complexity index is 908. The summed E-state index contributed by atoms with van der Waals surface area (Å²) < 4.78 is -1.27. The van der Waals surface area contributed by atoms with Gasteiger partial charge in [-0.25, -0.2) is 0 Å². The maximum Gasteiger partial charge on any atom is 0.231 e. The fraction of sp³-hybridized carbons (Fsp3) is 0.263. The lowest BCUT2D eigenvalue weighted by atomic mass is 10.1. The highest BCUT2D eigenvalue weighted by molar-refractivity contribution is 6.53. The fourth-order valence-electron chi connectivity index (χ4n) is 3.05. The molecule has 3 rings (SSSR count). The molecule has 0 radical (unpaired) electrons. The van der Waals surface area contributed by atoms with Crippen LogP contribution in [0.25, 0.3) is 0 Å². The van der Waals surface area contributed by atoms with E-state index in [1.54, 1.807) is 43.3 Å². The van der Waals surface area contributed by atoms with Gasteiger partial charge in [-0.05, 0) is 42.0 Å². The minimum atomic E-state index is -1.27. The predicted molar refractivity (Wildman–Crippen MR) is 112 cm³/mol. The van der Waals surface area contributed by atoms with Gasteiger partial charge in [0.1, 0.15) is 4.33 Å². The van der Waals surface area contributed by atoms with Crippen molar-refractivity contribution in [2.45, 2.75) is 23.6 Å². The Balaban J connectivity index is 1.81.